The Hall–Kier alpha value is -1.29. The first-order chi connectivity index (χ1) is 12.5. The molecule has 4 heteroatoms. The van der Waals surface area contributed by atoms with Crippen molar-refractivity contribution in [2.45, 2.75) is 84.1 Å². The second-order valence-corrected chi connectivity index (χ2v) is 8.87. The van der Waals surface area contributed by atoms with Crippen molar-refractivity contribution < 1.29 is 4.79 Å². The van der Waals surface area contributed by atoms with E-state index < -0.39 is 0 Å². The molecule has 2 heterocycles. The molecule has 1 saturated heterocycles. The SMILES string of the molecule is CC(C)C(=O)C1CCC(N2CCC(c3ccnc(C(C)C)n3)CC2)CC1. The molecule has 0 amide bonds. The number of aromatic nitrogens is 2. The minimum atomic E-state index is 0.191. The van der Waals surface area contributed by atoms with E-state index in [0.717, 1.165) is 18.7 Å². The van der Waals surface area contributed by atoms with Gasteiger partial charge >= 0.3 is 0 Å². The van der Waals surface area contributed by atoms with Gasteiger partial charge in [0.05, 0.1) is 0 Å². The monoisotopic (exact) mass is 357 g/mol. The summed E-state index contributed by atoms with van der Waals surface area (Å²) >= 11 is 0. The molecule has 1 aliphatic heterocycles. The summed E-state index contributed by atoms with van der Waals surface area (Å²) in [7, 11) is 0. The largest absolute Gasteiger partial charge is 0.300 e. The number of carbonyl (C=O) groups is 1. The summed E-state index contributed by atoms with van der Waals surface area (Å²) < 4.78 is 0. The summed E-state index contributed by atoms with van der Waals surface area (Å²) in [5.74, 6) is 2.92. The molecule has 0 aromatic carbocycles. The van der Waals surface area contributed by atoms with E-state index in [9.17, 15) is 4.79 Å². The van der Waals surface area contributed by atoms with Crippen LogP contribution >= 0.6 is 0 Å². The number of rotatable bonds is 5. The minimum Gasteiger partial charge on any atom is -0.300 e. The Bertz CT molecular complexity index is 597. The highest BCUT2D eigenvalue weighted by Gasteiger charge is 2.32. The maximum Gasteiger partial charge on any atom is 0.138 e. The van der Waals surface area contributed by atoms with Gasteiger partial charge in [0.1, 0.15) is 11.6 Å². The van der Waals surface area contributed by atoms with Gasteiger partial charge in [0, 0.05) is 41.6 Å². The summed E-state index contributed by atoms with van der Waals surface area (Å²) in [5.41, 5.74) is 1.23. The second kappa shape index (κ2) is 8.60. The highest BCUT2D eigenvalue weighted by Crippen LogP contribution is 2.34. The number of ketones is 1. The zero-order valence-electron chi connectivity index (χ0n) is 16.9. The molecule has 1 saturated carbocycles. The van der Waals surface area contributed by atoms with Gasteiger partial charge in [0.15, 0.2) is 0 Å². The van der Waals surface area contributed by atoms with E-state index in [1.165, 1.54) is 44.5 Å². The summed E-state index contributed by atoms with van der Waals surface area (Å²) in [4.78, 5) is 24.1. The number of hydrogen-bond donors (Lipinski definition) is 0. The Kier molecular flexibility index (Phi) is 6.44. The maximum atomic E-state index is 12.2. The zero-order valence-corrected chi connectivity index (χ0v) is 16.9. The Morgan fingerprint density at radius 2 is 1.69 bits per heavy atom. The first-order valence-corrected chi connectivity index (χ1v) is 10.6. The first kappa shape index (κ1) is 19.5. The van der Waals surface area contributed by atoms with Crippen molar-refractivity contribution in [2.75, 3.05) is 13.1 Å². The summed E-state index contributed by atoms with van der Waals surface area (Å²) in [6.07, 6.45) is 8.88. The smallest absolute Gasteiger partial charge is 0.138 e. The fourth-order valence-corrected chi connectivity index (χ4v) is 4.65. The van der Waals surface area contributed by atoms with E-state index in [1.807, 2.05) is 20.0 Å². The number of Topliss-reactive ketones (excluding diaryl/α,β-unsaturated/α-hetero) is 1. The van der Waals surface area contributed by atoms with Crippen LogP contribution in [-0.2, 0) is 4.79 Å². The van der Waals surface area contributed by atoms with Crippen molar-refractivity contribution >= 4 is 5.78 Å². The van der Waals surface area contributed by atoms with Crippen molar-refractivity contribution in [1.82, 2.24) is 14.9 Å². The van der Waals surface area contributed by atoms with Crippen molar-refractivity contribution in [2.24, 2.45) is 11.8 Å². The summed E-state index contributed by atoms with van der Waals surface area (Å²) in [6.45, 7) is 10.7. The third-order valence-electron chi connectivity index (χ3n) is 6.34. The highest BCUT2D eigenvalue weighted by molar-refractivity contribution is 5.82. The average molecular weight is 358 g/mol. The molecule has 2 aliphatic rings. The normalized spacial score (nSPS) is 25.8. The summed E-state index contributed by atoms with van der Waals surface area (Å²) in [6, 6.07) is 2.79. The molecule has 26 heavy (non-hydrogen) atoms. The van der Waals surface area contributed by atoms with E-state index >= 15 is 0 Å². The van der Waals surface area contributed by atoms with Crippen LogP contribution in [0.2, 0.25) is 0 Å². The van der Waals surface area contributed by atoms with Crippen molar-refractivity contribution in [3.63, 3.8) is 0 Å². The van der Waals surface area contributed by atoms with Gasteiger partial charge in [-0.05, 0) is 57.7 Å². The van der Waals surface area contributed by atoms with E-state index in [0.29, 0.717) is 29.6 Å². The van der Waals surface area contributed by atoms with Gasteiger partial charge in [-0.3, -0.25) is 4.79 Å². The summed E-state index contributed by atoms with van der Waals surface area (Å²) in [5, 5.41) is 0. The molecule has 1 aromatic heterocycles. The molecule has 1 aliphatic carbocycles. The van der Waals surface area contributed by atoms with Crippen LogP contribution in [0.25, 0.3) is 0 Å². The molecule has 0 N–H and O–H groups in total. The van der Waals surface area contributed by atoms with Gasteiger partial charge in [-0.2, -0.15) is 0 Å². The van der Waals surface area contributed by atoms with E-state index in [2.05, 4.69) is 29.8 Å². The molecule has 0 bridgehead atoms. The average Bonchev–Trinajstić information content (AvgIpc) is 2.67. The molecule has 0 radical (unpaired) electrons. The molecule has 1 aromatic rings. The van der Waals surface area contributed by atoms with Crippen molar-refractivity contribution in [3.8, 4) is 0 Å². The lowest BCUT2D eigenvalue weighted by Crippen LogP contribution is -2.43. The van der Waals surface area contributed by atoms with Crippen molar-refractivity contribution in [1.29, 1.82) is 0 Å². The molecule has 4 nitrogen and oxygen atoms in total. The quantitative estimate of drug-likeness (QED) is 0.775. The van der Waals surface area contributed by atoms with Crippen LogP contribution in [0.5, 0.6) is 0 Å². The van der Waals surface area contributed by atoms with Gasteiger partial charge < -0.3 is 4.90 Å². The molecular formula is C22H35N3O. The molecule has 0 unspecified atom stereocenters. The fraction of sp³-hybridized carbons (Fsp3) is 0.773. The van der Waals surface area contributed by atoms with Gasteiger partial charge in [-0.15, -0.1) is 0 Å². The van der Waals surface area contributed by atoms with Crippen LogP contribution in [0.3, 0.4) is 0 Å². The number of likely N-dealkylation sites (tertiary alicyclic amines) is 1. The molecule has 144 valence electrons. The van der Waals surface area contributed by atoms with Crippen LogP contribution in [-0.4, -0.2) is 39.8 Å². The van der Waals surface area contributed by atoms with Gasteiger partial charge in [0.2, 0.25) is 0 Å². The van der Waals surface area contributed by atoms with Gasteiger partial charge in [-0.1, -0.05) is 27.7 Å². The predicted octanol–water partition coefficient (Wildman–Crippen LogP) is 4.56. The van der Waals surface area contributed by atoms with E-state index in [1.54, 1.807) is 0 Å². The number of hydrogen-bond acceptors (Lipinski definition) is 4. The second-order valence-electron chi connectivity index (χ2n) is 8.87. The van der Waals surface area contributed by atoms with Crippen LogP contribution in [0.4, 0.5) is 0 Å². The Morgan fingerprint density at radius 3 is 2.27 bits per heavy atom. The van der Waals surface area contributed by atoms with Crippen LogP contribution in [0.15, 0.2) is 12.3 Å². The third-order valence-corrected chi connectivity index (χ3v) is 6.34. The minimum absolute atomic E-state index is 0.191. The number of piperidine rings is 1. The molecule has 2 fully saturated rings. The Labute approximate surface area is 158 Å². The standard InChI is InChI=1S/C22H35N3O/c1-15(2)21(26)18-5-7-19(8-6-18)25-13-10-17(11-14-25)20-9-12-23-22(24-20)16(3)4/h9,12,15-19H,5-8,10-11,13-14H2,1-4H3. The van der Waals surface area contributed by atoms with Crippen LogP contribution < -0.4 is 0 Å². The fourth-order valence-electron chi connectivity index (χ4n) is 4.65. The molecule has 0 spiro atoms. The van der Waals surface area contributed by atoms with Gasteiger partial charge in [-0.25, -0.2) is 9.97 Å². The number of carbonyl (C=O) groups excluding carboxylic acids is 1. The Balaban J connectivity index is 1.50. The molecule has 3 rings (SSSR count). The number of nitrogens with zero attached hydrogens (tertiary/aromatic N) is 3. The first-order valence-electron chi connectivity index (χ1n) is 10.6. The van der Waals surface area contributed by atoms with Crippen LogP contribution in [0, 0.1) is 11.8 Å². The maximum absolute atomic E-state index is 12.2. The Morgan fingerprint density at radius 1 is 1.04 bits per heavy atom. The third kappa shape index (κ3) is 4.51. The van der Waals surface area contributed by atoms with Crippen molar-refractivity contribution in [3.05, 3.63) is 23.8 Å². The zero-order chi connectivity index (χ0) is 18.7. The van der Waals surface area contributed by atoms with E-state index in [4.69, 9.17) is 4.98 Å². The van der Waals surface area contributed by atoms with Crippen LogP contribution in [0.1, 0.15) is 89.6 Å². The van der Waals surface area contributed by atoms with Gasteiger partial charge in [0.25, 0.3) is 0 Å². The lowest BCUT2D eigenvalue weighted by atomic mass is 9.79. The highest BCUT2D eigenvalue weighted by atomic mass is 16.1. The van der Waals surface area contributed by atoms with E-state index in [-0.39, 0.29) is 5.92 Å². The molecule has 0 atom stereocenters. The lowest BCUT2D eigenvalue weighted by Gasteiger charge is -2.40. The topological polar surface area (TPSA) is 46.1 Å². The molecular weight excluding hydrogens is 322 g/mol. The lowest BCUT2D eigenvalue weighted by molar-refractivity contribution is -0.127. The predicted molar refractivity (Wildman–Crippen MR) is 105 cm³/mol.